The molecule has 0 bridgehead atoms. The van der Waals surface area contributed by atoms with Crippen molar-refractivity contribution < 1.29 is 19.4 Å². The van der Waals surface area contributed by atoms with E-state index in [0.717, 1.165) is 0 Å². The van der Waals surface area contributed by atoms with Crippen LogP contribution in [-0.4, -0.2) is 35.4 Å². The molecule has 2 amide bonds. The first-order valence-electron chi connectivity index (χ1n) is 4.15. The van der Waals surface area contributed by atoms with Gasteiger partial charge in [-0.1, -0.05) is 0 Å². The summed E-state index contributed by atoms with van der Waals surface area (Å²) in [4.78, 5) is 21.0. The molecule has 82 valence electrons. The van der Waals surface area contributed by atoms with Gasteiger partial charge >= 0.3 is 6.09 Å². The first kappa shape index (κ1) is 12.7. The number of primary amides is 1. The number of carbonyl (C=O) groups excluding carboxylic acids is 1. The molecule has 0 aromatic heterocycles. The quantitative estimate of drug-likeness (QED) is 0.596. The van der Waals surface area contributed by atoms with E-state index in [4.69, 9.17) is 15.6 Å². The Morgan fingerprint density at radius 2 is 2.00 bits per heavy atom. The lowest BCUT2D eigenvalue weighted by Crippen LogP contribution is -2.48. The molecule has 0 fully saturated rings. The minimum atomic E-state index is -1.30. The van der Waals surface area contributed by atoms with Gasteiger partial charge in [-0.2, -0.15) is 0 Å². The van der Waals surface area contributed by atoms with Crippen molar-refractivity contribution in [2.24, 2.45) is 5.73 Å². The highest BCUT2D eigenvalue weighted by atomic mass is 16.5. The SMILES string of the molecule is CC(C)(C)OC[C@H](NC(=O)O)C(N)=O. The second kappa shape index (κ2) is 4.80. The Labute approximate surface area is 82.4 Å². The fourth-order valence-electron chi connectivity index (χ4n) is 0.677. The number of amides is 2. The van der Waals surface area contributed by atoms with Gasteiger partial charge in [-0.15, -0.1) is 0 Å². The van der Waals surface area contributed by atoms with Crippen LogP contribution < -0.4 is 11.1 Å². The molecule has 0 aliphatic heterocycles. The molecule has 0 aliphatic carbocycles. The minimum Gasteiger partial charge on any atom is -0.465 e. The van der Waals surface area contributed by atoms with Crippen LogP contribution in [0, 0.1) is 0 Å². The van der Waals surface area contributed by atoms with Crippen LogP contribution in [-0.2, 0) is 9.53 Å². The topological polar surface area (TPSA) is 102 Å². The summed E-state index contributed by atoms with van der Waals surface area (Å²) in [6.45, 7) is 5.33. The van der Waals surface area contributed by atoms with Crippen LogP contribution in [0.4, 0.5) is 4.79 Å². The smallest absolute Gasteiger partial charge is 0.405 e. The van der Waals surface area contributed by atoms with Gasteiger partial charge in [0, 0.05) is 0 Å². The standard InChI is InChI=1S/C8H16N2O4/c1-8(2,3)14-4-5(6(9)11)10-7(12)13/h5,10H,4H2,1-3H3,(H2,9,11)(H,12,13)/t5-/m0/s1. The summed E-state index contributed by atoms with van der Waals surface area (Å²) >= 11 is 0. The Bertz CT molecular complexity index is 222. The van der Waals surface area contributed by atoms with E-state index < -0.39 is 23.6 Å². The second-order valence-electron chi connectivity index (χ2n) is 3.83. The van der Waals surface area contributed by atoms with Crippen LogP contribution in [0.1, 0.15) is 20.8 Å². The Hall–Kier alpha value is -1.30. The number of nitrogens with two attached hydrogens (primary N) is 1. The van der Waals surface area contributed by atoms with Crippen LogP contribution in [0.3, 0.4) is 0 Å². The largest absolute Gasteiger partial charge is 0.465 e. The van der Waals surface area contributed by atoms with Crippen molar-refractivity contribution in [1.29, 1.82) is 0 Å². The predicted molar refractivity (Wildman–Crippen MR) is 49.8 cm³/mol. The summed E-state index contributed by atoms with van der Waals surface area (Å²) in [6.07, 6.45) is -1.30. The van der Waals surface area contributed by atoms with Crippen molar-refractivity contribution in [1.82, 2.24) is 5.32 Å². The van der Waals surface area contributed by atoms with Gasteiger partial charge < -0.3 is 20.9 Å². The molecule has 0 spiro atoms. The minimum absolute atomic E-state index is 0.0644. The van der Waals surface area contributed by atoms with Gasteiger partial charge in [0.05, 0.1) is 12.2 Å². The average Bonchev–Trinajstić information content (AvgIpc) is 1.94. The fraction of sp³-hybridized carbons (Fsp3) is 0.750. The lowest BCUT2D eigenvalue weighted by atomic mass is 10.2. The maximum absolute atomic E-state index is 10.8. The van der Waals surface area contributed by atoms with E-state index >= 15 is 0 Å². The van der Waals surface area contributed by atoms with Crippen LogP contribution >= 0.6 is 0 Å². The summed E-state index contributed by atoms with van der Waals surface area (Å²) in [7, 11) is 0. The molecule has 0 unspecified atom stereocenters. The van der Waals surface area contributed by atoms with Gasteiger partial charge in [0.2, 0.25) is 5.91 Å². The van der Waals surface area contributed by atoms with E-state index in [9.17, 15) is 9.59 Å². The van der Waals surface area contributed by atoms with Gasteiger partial charge in [0.1, 0.15) is 6.04 Å². The molecule has 6 nitrogen and oxygen atoms in total. The number of hydrogen-bond donors (Lipinski definition) is 3. The van der Waals surface area contributed by atoms with Crippen molar-refractivity contribution >= 4 is 12.0 Å². The summed E-state index contributed by atoms with van der Waals surface area (Å²) in [5.74, 6) is -0.753. The molecule has 14 heavy (non-hydrogen) atoms. The first-order chi connectivity index (χ1) is 6.22. The molecular formula is C8H16N2O4. The van der Waals surface area contributed by atoms with Crippen LogP contribution in [0.2, 0.25) is 0 Å². The highest BCUT2D eigenvalue weighted by molar-refractivity contribution is 5.83. The summed E-state index contributed by atoms with van der Waals surface area (Å²) < 4.78 is 5.23. The highest BCUT2D eigenvalue weighted by Gasteiger charge is 2.21. The Morgan fingerprint density at radius 1 is 1.50 bits per heavy atom. The van der Waals surface area contributed by atoms with Crippen molar-refractivity contribution in [3.05, 3.63) is 0 Å². The third kappa shape index (κ3) is 6.24. The lowest BCUT2D eigenvalue weighted by molar-refractivity contribution is -0.122. The van der Waals surface area contributed by atoms with Gasteiger partial charge in [-0.3, -0.25) is 4.79 Å². The molecule has 0 heterocycles. The monoisotopic (exact) mass is 204 g/mol. The molecule has 0 aliphatic rings. The number of rotatable bonds is 4. The summed E-state index contributed by atoms with van der Waals surface area (Å²) in [6, 6.07) is -1.01. The number of nitrogens with one attached hydrogen (secondary N) is 1. The van der Waals surface area contributed by atoms with E-state index in [-0.39, 0.29) is 6.61 Å². The van der Waals surface area contributed by atoms with Crippen LogP contribution in [0.25, 0.3) is 0 Å². The summed E-state index contributed by atoms with van der Waals surface area (Å²) in [5, 5.41) is 10.4. The first-order valence-corrected chi connectivity index (χ1v) is 4.15. The van der Waals surface area contributed by atoms with Crippen LogP contribution in [0.5, 0.6) is 0 Å². The molecule has 0 rings (SSSR count). The maximum Gasteiger partial charge on any atom is 0.405 e. The van der Waals surface area contributed by atoms with E-state index in [1.165, 1.54) is 0 Å². The number of hydrogen-bond acceptors (Lipinski definition) is 3. The van der Waals surface area contributed by atoms with Crippen molar-refractivity contribution in [2.75, 3.05) is 6.61 Å². The molecule has 0 saturated heterocycles. The number of carbonyl (C=O) groups is 2. The number of ether oxygens (including phenoxy) is 1. The van der Waals surface area contributed by atoms with Gasteiger partial charge in [-0.25, -0.2) is 4.79 Å². The molecule has 0 aromatic rings. The van der Waals surface area contributed by atoms with E-state index in [0.29, 0.717) is 0 Å². The molecule has 0 aromatic carbocycles. The van der Waals surface area contributed by atoms with Crippen LogP contribution in [0.15, 0.2) is 0 Å². The Kier molecular flexibility index (Phi) is 4.36. The zero-order valence-corrected chi connectivity index (χ0v) is 8.53. The maximum atomic E-state index is 10.8. The number of carboxylic acid groups (broad SMARTS) is 1. The summed E-state index contributed by atoms with van der Waals surface area (Å²) in [5.41, 5.74) is 4.53. The molecule has 1 atom stereocenters. The van der Waals surface area contributed by atoms with E-state index in [1.807, 2.05) is 5.32 Å². The molecule has 0 saturated carbocycles. The van der Waals surface area contributed by atoms with Crippen molar-refractivity contribution in [2.45, 2.75) is 32.4 Å². The molecular weight excluding hydrogens is 188 g/mol. The molecule has 0 radical (unpaired) electrons. The average molecular weight is 204 g/mol. The van der Waals surface area contributed by atoms with Gasteiger partial charge in [-0.05, 0) is 20.8 Å². The normalized spacial score (nSPS) is 13.4. The third-order valence-corrected chi connectivity index (χ3v) is 1.32. The lowest BCUT2D eigenvalue weighted by Gasteiger charge is -2.22. The van der Waals surface area contributed by atoms with Gasteiger partial charge in [0.25, 0.3) is 0 Å². The fourth-order valence-corrected chi connectivity index (χ4v) is 0.677. The second-order valence-corrected chi connectivity index (χ2v) is 3.83. The zero-order valence-electron chi connectivity index (χ0n) is 8.53. The predicted octanol–water partition coefficient (Wildman–Crippen LogP) is -0.0770. The van der Waals surface area contributed by atoms with Crippen molar-refractivity contribution in [3.63, 3.8) is 0 Å². The third-order valence-electron chi connectivity index (χ3n) is 1.32. The Morgan fingerprint density at radius 3 is 2.29 bits per heavy atom. The van der Waals surface area contributed by atoms with E-state index in [1.54, 1.807) is 20.8 Å². The van der Waals surface area contributed by atoms with Crippen molar-refractivity contribution in [3.8, 4) is 0 Å². The zero-order chi connectivity index (χ0) is 11.4. The Balaban J connectivity index is 4.11. The highest BCUT2D eigenvalue weighted by Crippen LogP contribution is 2.06. The van der Waals surface area contributed by atoms with Gasteiger partial charge in [0.15, 0.2) is 0 Å². The van der Waals surface area contributed by atoms with E-state index in [2.05, 4.69) is 0 Å². The molecule has 4 N–H and O–H groups in total. The molecule has 6 heteroatoms.